The fourth-order valence-corrected chi connectivity index (χ4v) is 5.10. The van der Waals surface area contributed by atoms with Crippen molar-refractivity contribution in [3.8, 4) is 17.0 Å². The zero-order chi connectivity index (χ0) is 23.1. The molecular formula is C26H31N7O. The van der Waals surface area contributed by atoms with E-state index >= 15 is 0 Å². The number of ether oxygens (including phenoxy) is 1. The van der Waals surface area contributed by atoms with Gasteiger partial charge in [0.2, 0.25) is 0 Å². The minimum atomic E-state index is 0.233. The Hall–Kier alpha value is -3.42. The molecule has 0 aliphatic heterocycles. The van der Waals surface area contributed by atoms with E-state index in [0.29, 0.717) is 12.0 Å². The average molecular weight is 458 g/mol. The molecule has 0 radical (unpaired) electrons. The number of anilines is 1. The molecule has 1 N–H and O–H groups in total. The van der Waals surface area contributed by atoms with Crippen LogP contribution in [0.25, 0.3) is 22.2 Å². The first-order valence-electron chi connectivity index (χ1n) is 12.4. The summed E-state index contributed by atoms with van der Waals surface area (Å²) in [5.41, 5.74) is 4.23. The number of hydrogen-bond acceptors (Lipinski definition) is 6. The van der Waals surface area contributed by atoms with Crippen molar-refractivity contribution in [2.75, 3.05) is 11.9 Å². The number of nitrogens with one attached hydrogen (secondary N) is 1. The summed E-state index contributed by atoms with van der Waals surface area (Å²) in [6.45, 7) is 2.92. The molecule has 2 saturated carbocycles. The lowest BCUT2D eigenvalue weighted by atomic mass is 9.93. The van der Waals surface area contributed by atoms with Crippen molar-refractivity contribution in [1.29, 1.82) is 0 Å². The quantitative estimate of drug-likeness (QED) is 0.416. The molecule has 8 heteroatoms. The predicted molar refractivity (Wildman–Crippen MR) is 132 cm³/mol. The summed E-state index contributed by atoms with van der Waals surface area (Å²) in [6, 6.07) is 6.54. The molecule has 2 aliphatic rings. The molecular weight excluding hydrogens is 426 g/mol. The minimum Gasteiger partial charge on any atom is -0.489 e. The number of nitrogens with zero attached hydrogens (tertiary/aromatic N) is 6. The van der Waals surface area contributed by atoms with Crippen LogP contribution in [0.5, 0.6) is 5.75 Å². The largest absolute Gasteiger partial charge is 0.489 e. The molecule has 0 atom stereocenters. The van der Waals surface area contributed by atoms with E-state index in [0.717, 1.165) is 71.6 Å². The zero-order valence-corrected chi connectivity index (χ0v) is 19.8. The van der Waals surface area contributed by atoms with Crippen LogP contribution in [-0.2, 0) is 7.05 Å². The Labute approximate surface area is 199 Å². The van der Waals surface area contributed by atoms with E-state index in [2.05, 4.69) is 44.1 Å². The van der Waals surface area contributed by atoms with Gasteiger partial charge in [0.25, 0.3) is 0 Å². The molecule has 34 heavy (non-hydrogen) atoms. The van der Waals surface area contributed by atoms with Gasteiger partial charge in [0.1, 0.15) is 17.3 Å². The number of aromatic nitrogens is 6. The van der Waals surface area contributed by atoms with Gasteiger partial charge < -0.3 is 10.1 Å². The fraction of sp³-hybridized carbons (Fsp3) is 0.462. The van der Waals surface area contributed by atoms with E-state index in [1.54, 1.807) is 0 Å². The number of aryl methyl sites for hydroxylation is 1. The van der Waals surface area contributed by atoms with Gasteiger partial charge in [0.15, 0.2) is 0 Å². The maximum absolute atomic E-state index is 6.46. The summed E-state index contributed by atoms with van der Waals surface area (Å²) in [6.07, 6.45) is 14.5. The third kappa shape index (κ3) is 4.02. The first-order chi connectivity index (χ1) is 16.7. The van der Waals surface area contributed by atoms with Crippen molar-refractivity contribution in [2.45, 2.75) is 63.5 Å². The topological polar surface area (TPSA) is 82.7 Å². The third-order valence-electron chi connectivity index (χ3n) is 6.98. The fourth-order valence-electron chi connectivity index (χ4n) is 5.10. The van der Waals surface area contributed by atoms with E-state index in [9.17, 15) is 0 Å². The molecule has 6 rings (SSSR count). The molecule has 4 aromatic rings. The highest BCUT2D eigenvalue weighted by molar-refractivity contribution is 5.93. The molecule has 0 aromatic carbocycles. The molecule has 2 fully saturated rings. The minimum absolute atomic E-state index is 0.233. The van der Waals surface area contributed by atoms with Gasteiger partial charge in [-0.3, -0.25) is 14.3 Å². The van der Waals surface area contributed by atoms with E-state index in [4.69, 9.17) is 9.84 Å². The van der Waals surface area contributed by atoms with Gasteiger partial charge in [0, 0.05) is 55.1 Å². The highest BCUT2D eigenvalue weighted by Gasteiger charge is 2.31. The first-order valence-corrected chi connectivity index (χ1v) is 12.4. The lowest BCUT2D eigenvalue weighted by Crippen LogP contribution is -2.26. The Balaban J connectivity index is 1.25. The van der Waals surface area contributed by atoms with Gasteiger partial charge in [-0.2, -0.15) is 10.2 Å². The lowest BCUT2D eigenvalue weighted by Gasteiger charge is -2.30. The van der Waals surface area contributed by atoms with Crippen LogP contribution in [0.15, 0.2) is 43.0 Å². The van der Waals surface area contributed by atoms with Crippen molar-refractivity contribution < 1.29 is 4.74 Å². The van der Waals surface area contributed by atoms with Crippen LogP contribution in [0, 0.1) is 0 Å². The molecule has 0 unspecified atom stereocenters. The van der Waals surface area contributed by atoms with Gasteiger partial charge in [-0.05, 0) is 57.6 Å². The second-order valence-corrected chi connectivity index (χ2v) is 9.52. The predicted octanol–water partition coefficient (Wildman–Crippen LogP) is 5.10. The summed E-state index contributed by atoms with van der Waals surface area (Å²) >= 11 is 0. The lowest BCUT2D eigenvalue weighted by molar-refractivity contribution is 0.129. The molecule has 0 bridgehead atoms. The van der Waals surface area contributed by atoms with Gasteiger partial charge in [-0.25, -0.2) is 4.98 Å². The Kier molecular flexibility index (Phi) is 5.43. The summed E-state index contributed by atoms with van der Waals surface area (Å²) < 4.78 is 10.5. The Morgan fingerprint density at radius 1 is 1.09 bits per heavy atom. The van der Waals surface area contributed by atoms with Crippen LogP contribution >= 0.6 is 0 Å². The summed E-state index contributed by atoms with van der Waals surface area (Å²) in [7, 11) is 1.93. The van der Waals surface area contributed by atoms with Gasteiger partial charge in [0.05, 0.1) is 29.6 Å². The Bertz CT molecular complexity index is 1300. The van der Waals surface area contributed by atoms with Crippen LogP contribution in [0.2, 0.25) is 0 Å². The maximum Gasteiger partial charge on any atom is 0.141 e. The van der Waals surface area contributed by atoms with Crippen LogP contribution in [0.1, 0.15) is 63.1 Å². The van der Waals surface area contributed by atoms with Gasteiger partial charge >= 0.3 is 0 Å². The molecule has 8 nitrogen and oxygen atoms in total. The van der Waals surface area contributed by atoms with Crippen LogP contribution < -0.4 is 10.1 Å². The van der Waals surface area contributed by atoms with Crippen molar-refractivity contribution in [1.82, 2.24) is 29.5 Å². The normalized spacial score (nSPS) is 20.5. The smallest absolute Gasteiger partial charge is 0.141 e. The number of rotatable bonds is 7. The van der Waals surface area contributed by atoms with E-state index in [1.165, 1.54) is 12.8 Å². The molecule has 4 heterocycles. The maximum atomic E-state index is 6.46. The molecule has 176 valence electrons. The van der Waals surface area contributed by atoms with E-state index in [-0.39, 0.29) is 6.10 Å². The van der Waals surface area contributed by atoms with Crippen LogP contribution in [0.4, 0.5) is 5.82 Å². The molecule has 0 spiro atoms. The Morgan fingerprint density at radius 2 is 1.94 bits per heavy atom. The molecule has 0 amide bonds. The highest BCUT2D eigenvalue weighted by Crippen LogP contribution is 2.44. The van der Waals surface area contributed by atoms with Crippen molar-refractivity contribution in [3.05, 3.63) is 48.7 Å². The van der Waals surface area contributed by atoms with Crippen LogP contribution in [0.3, 0.4) is 0 Å². The number of fused-ring (bicyclic) bond motifs is 1. The second-order valence-electron chi connectivity index (χ2n) is 9.52. The van der Waals surface area contributed by atoms with Gasteiger partial charge in [-0.1, -0.05) is 0 Å². The first kappa shape index (κ1) is 21.1. The average Bonchev–Trinajstić information content (AvgIpc) is 3.51. The summed E-state index contributed by atoms with van der Waals surface area (Å²) in [4.78, 5) is 9.22. The van der Waals surface area contributed by atoms with Crippen molar-refractivity contribution >= 4 is 16.7 Å². The van der Waals surface area contributed by atoms with Crippen molar-refractivity contribution in [2.24, 2.45) is 7.05 Å². The SMILES string of the molecule is CCNc1cc2c(cn1)c(-c1cnn(C)c1)nn2C1CCC(Oc2cccnc2C2CC2)CC1. The molecule has 2 aliphatic carbocycles. The molecule has 0 saturated heterocycles. The highest BCUT2D eigenvalue weighted by atomic mass is 16.5. The summed E-state index contributed by atoms with van der Waals surface area (Å²) in [5, 5.41) is 13.9. The van der Waals surface area contributed by atoms with E-state index < -0.39 is 0 Å². The Morgan fingerprint density at radius 3 is 2.68 bits per heavy atom. The number of pyridine rings is 2. The third-order valence-corrected chi connectivity index (χ3v) is 6.98. The number of hydrogen-bond donors (Lipinski definition) is 1. The van der Waals surface area contributed by atoms with Gasteiger partial charge in [-0.15, -0.1) is 0 Å². The summed E-state index contributed by atoms with van der Waals surface area (Å²) in [5.74, 6) is 2.46. The van der Waals surface area contributed by atoms with Crippen molar-refractivity contribution in [3.63, 3.8) is 0 Å². The monoisotopic (exact) mass is 457 g/mol. The van der Waals surface area contributed by atoms with Crippen LogP contribution in [-0.4, -0.2) is 42.2 Å². The standard InChI is InChI=1S/C26H31N7O/c1-3-27-24-13-22-21(15-29-24)25(18-14-30-32(2)16-18)31-33(22)19-8-10-20(11-9-19)34-23-5-4-12-28-26(23)17-6-7-17/h4-5,12-17,19-20H,3,6-11H2,1-2H3,(H,27,29). The van der Waals surface area contributed by atoms with E-state index in [1.807, 2.05) is 42.6 Å². The zero-order valence-electron chi connectivity index (χ0n) is 19.8. The molecule has 4 aromatic heterocycles. The second kappa shape index (κ2) is 8.74.